The van der Waals surface area contributed by atoms with Crippen LogP contribution in [0.25, 0.3) is 12.2 Å². The molecule has 0 aromatic heterocycles. The first kappa shape index (κ1) is 18.1. The zero-order chi connectivity index (χ0) is 12.6. The van der Waals surface area contributed by atoms with Crippen molar-refractivity contribution < 1.29 is 0 Å². The Morgan fingerprint density at radius 3 is 2.12 bits per heavy atom. The van der Waals surface area contributed by atoms with E-state index in [1.807, 2.05) is 26.0 Å². The molecule has 0 aliphatic heterocycles. The van der Waals surface area contributed by atoms with Gasteiger partial charge in [-0.1, -0.05) is 78.1 Å². The lowest BCUT2D eigenvalue weighted by atomic mass is 10.0. The highest BCUT2D eigenvalue weighted by atomic mass is 14.0. The third-order valence-corrected chi connectivity index (χ3v) is 2.39. The summed E-state index contributed by atoms with van der Waals surface area (Å²) in [6.07, 6.45) is 6.01. The van der Waals surface area contributed by atoms with Crippen LogP contribution in [0.5, 0.6) is 0 Å². The molecule has 1 aromatic rings. The fourth-order valence-corrected chi connectivity index (χ4v) is 1.48. The summed E-state index contributed by atoms with van der Waals surface area (Å²) >= 11 is 0. The monoisotopic (exact) mass is 232 g/mol. The third-order valence-electron chi connectivity index (χ3n) is 2.39. The maximum absolute atomic E-state index is 3.72. The average molecular weight is 232 g/mol. The van der Waals surface area contributed by atoms with Crippen LogP contribution in [-0.2, 0) is 0 Å². The molecule has 0 N–H and O–H groups in total. The Labute approximate surface area is 107 Å². The Morgan fingerprint density at radius 1 is 1.12 bits per heavy atom. The van der Waals surface area contributed by atoms with Crippen LogP contribution in [0, 0.1) is 0 Å². The van der Waals surface area contributed by atoms with Gasteiger partial charge in [0.1, 0.15) is 0 Å². The van der Waals surface area contributed by atoms with Gasteiger partial charge in [-0.05, 0) is 28.8 Å². The fraction of sp³-hybridized carbons (Fsp3) is 0.412. The summed E-state index contributed by atoms with van der Waals surface area (Å²) in [4.78, 5) is 0. The maximum Gasteiger partial charge on any atom is -0.0187 e. The van der Waals surface area contributed by atoms with Gasteiger partial charge in [0.05, 0.1) is 0 Å². The second-order valence-electron chi connectivity index (χ2n) is 3.73. The van der Waals surface area contributed by atoms with Crippen molar-refractivity contribution in [2.24, 2.45) is 0 Å². The molecular formula is C17H28. The summed E-state index contributed by atoms with van der Waals surface area (Å²) in [5.74, 6) is 0.589. The van der Waals surface area contributed by atoms with Gasteiger partial charge in [0.2, 0.25) is 0 Å². The van der Waals surface area contributed by atoms with Crippen LogP contribution in [0.2, 0.25) is 0 Å². The van der Waals surface area contributed by atoms with E-state index < -0.39 is 0 Å². The lowest BCUT2D eigenvalue weighted by Gasteiger charge is -2.04. The quantitative estimate of drug-likeness (QED) is 0.715. The fourth-order valence-electron chi connectivity index (χ4n) is 1.48. The van der Waals surface area contributed by atoms with E-state index in [9.17, 15) is 0 Å². The Kier molecular flexibility index (Phi) is 10.5. The van der Waals surface area contributed by atoms with E-state index in [-0.39, 0.29) is 7.43 Å². The minimum atomic E-state index is 0. The van der Waals surface area contributed by atoms with E-state index in [0.717, 1.165) is 0 Å². The smallest absolute Gasteiger partial charge is 0.0187 e. The number of rotatable bonds is 2. The summed E-state index contributed by atoms with van der Waals surface area (Å²) in [6, 6.07) is 6.60. The standard InChI is InChI=1S/C14H18.C2H6.CH4/c1-5-7-13-8-9-14(11(3)4)10-12(13)6-2;1-2;/h5-11H,1H2,2-4H3;1-2H3;1H4/b12-6-,13-7-;;. The van der Waals surface area contributed by atoms with E-state index in [4.69, 9.17) is 0 Å². The van der Waals surface area contributed by atoms with Gasteiger partial charge in [-0.3, -0.25) is 0 Å². The van der Waals surface area contributed by atoms with Gasteiger partial charge in [-0.2, -0.15) is 0 Å². The normalized spacial score (nSPS) is 11.6. The number of hydrogen-bond donors (Lipinski definition) is 0. The van der Waals surface area contributed by atoms with Crippen molar-refractivity contribution in [1.82, 2.24) is 0 Å². The molecule has 0 aliphatic carbocycles. The molecule has 0 amide bonds. The lowest BCUT2D eigenvalue weighted by molar-refractivity contribution is 0.864. The van der Waals surface area contributed by atoms with E-state index in [0.29, 0.717) is 5.92 Å². The highest BCUT2D eigenvalue weighted by Gasteiger charge is 1.97. The molecule has 0 atom stereocenters. The molecule has 0 heterocycles. The van der Waals surface area contributed by atoms with Crippen LogP contribution in [0.1, 0.15) is 53.5 Å². The Morgan fingerprint density at radius 2 is 1.71 bits per heavy atom. The lowest BCUT2D eigenvalue weighted by Crippen LogP contribution is -2.24. The first-order valence-corrected chi connectivity index (χ1v) is 6.08. The Balaban J connectivity index is 0. The summed E-state index contributed by atoms with van der Waals surface area (Å²) in [6.45, 7) is 14.2. The number of allylic oxidation sites excluding steroid dienone is 1. The van der Waals surface area contributed by atoms with E-state index in [1.54, 1.807) is 0 Å². The zero-order valence-corrected chi connectivity index (χ0v) is 11.2. The maximum atomic E-state index is 3.72. The molecule has 0 saturated carbocycles. The van der Waals surface area contributed by atoms with Crippen molar-refractivity contribution in [3.05, 3.63) is 46.9 Å². The highest BCUT2D eigenvalue weighted by Crippen LogP contribution is 2.09. The zero-order valence-electron chi connectivity index (χ0n) is 11.2. The van der Waals surface area contributed by atoms with Crippen LogP contribution >= 0.6 is 0 Å². The number of hydrogen-bond acceptors (Lipinski definition) is 0. The second kappa shape index (κ2) is 9.89. The predicted molar refractivity (Wildman–Crippen MR) is 82.7 cm³/mol. The van der Waals surface area contributed by atoms with Gasteiger partial charge < -0.3 is 0 Å². The van der Waals surface area contributed by atoms with E-state index in [2.05, 4.69) is 51.6 Å². The average Bonchev–Trinajstić information content (AvgIpc) is 2.32. The van der Waals surface area contributed by atoms with Crippen LogP contribution in [0.4, 0.5) is 0 Å². The molecule has 0 heteroatoms. The van der Waals surface area contributed by atoms with Crippen LogP contribution in [0.15, 0.2) is 30.9 Å². The molecule has 1 aromatic carbocycles. The molecule has 0 spiro atoms. The van der Waals surface area contributed by atoms with Gasteiger partial charge in [0.25, 0.3) is 0 Å². The van der Waals surface area contributed by atoms with Crippen molar-refractivity contribution in [2.45, 2.75) is 48.0 Å². The van der Waals surface area contributed by atoms with Crippen molar-refractivity contribution in [3.8, 4) is 0 Å². The molecule has 96 valence electrons. The Hall–Kier alpha value is -1.30. The van der Waals surface area contributed by atoms with Crippen LogP contribution in [0.3, 0.4) is 0 Å². The minimum absolute atomic E-state index is 0. The summed E-state index contributed by atoms with van der Waals surface area (Å²) in [7, 11) is 0. The molecule has 0 bridgehead atoms. The van der Waals surface area contributed by atoms with Gasteiger partial charge in [-0.15, -0.1) is 0 Å². The number of benzene rings is 1. The molecule has 0 unspecified atom stereocenters. The van der Waals surface area contributed by atoms with Gasteiger partial charge >= 0.3 is 0 Å². The SMILES string of the molecule is C.C=C/C=c1/ccc(C(C)C)c/c1=C/C.CC. The largest absolute Gasteiger partial charge is 0.0990 e. The van der Waals surface area contributed by atoms with Crippen molar-refractivity contribution in [1.29, 1.82) is 0 Å². The van der Waals surface area contributed by atoms with Gasteiger partial charge in [-0.25, -0.2) is 0 Å². The predicted octanol–water partition coefficient (Wildman–Crippen LogP) is 4.24. The Bertz CT molecular complexity index is 422. The molecule has 0 nitrogen and oxygen atoms in total. The molecular weight excluding hydrogens is 204 g/mol. The van der Waals surface area contributed by atoms with Crippen molar-refractivity contribution in [2.75, 3.05) is 0 Å². The third kappa shape index (κ3) is 5.53. The molecule has 0 saturated heterocycles. The van der Waals surface area contributed by atoms with E-state index in [1.165, 1.54) is 16.0 Å². The summed E-state index contributed by atoms with van der Waals surface area (Å²) in [5.41, 5.74) is 1.39. The molecule has 1 rings (SSSR count). The summed E-state index contributed by atoms with van der Waals surface area (Å²) in [5, 5.41) is 2.53. The summed E-state index contributed by atoms with van der Waals surface area (Å²) < 4.78 is 0. The topological polar surface area (TPSA) is 0 Å². The van der Waals surface area contributed by atoms with Gasteiger partial charge in [0, 0.05) is 0 Å². The molecule has 17 heavy (non-hydrogen) atoms. The van der Waals surface area contributed by atoms with Crippen LogP contribution < -0.4 is 10.4 Å². The molecule has 0 fully saturated rings. The first-order valence-electron chi connectivity index (χ1n) is 6.08. The minimum Gasteiger partial charge on any atom is -0.0990 e. The van der Waals surface area contributed by atoms with Gasteiger partial charge in [0.15, 0.2) is 0 Å². The molecule has 0 radical (unpaired) electrons. The highest BCUT2D eigenvalue weighted by molar-refractivity contribution is 5.39. The van der Waals surface area contributed by atoms with Crippen LogP contribution in [-0.4, -0.2) is 0 Å². The molecule has 0 aliphatic rings. The second-order valence-corrected chi connectivity index (χ2v) is 3.73. The van der Waals surface area contributed by atoms with Crippen molar-refractivity contribution >= 4 is 12.2 Å². The van der Waals surface area contributed by atoms with Crippen molar-refractivity contribution in [3.63, 3.8) is 0 Å². The first-order chi connectivity index (χ1) is 7.69. The van der Waals surface area contributed by atoms with E-state index >= 15 is 0 Å².